The van der Waals surface area contributed by atoms with Crippen molar-refractivity contribution in [3.8, 4) is 0 Å². The molecule has 0 aliphatic rings. The molecule has 0 unspecified atom stereocenters. The van der Waals surface area contributed by atoms with Crippen LogP contribution in [0, 0.1) is 3.57 Å². The molecule has 2 aromatic rings. The van der Waals surface area contributed by atoms with Gasteiger partial charge in [-0.25, -0.2) is 0 Å². The molecule has 5 heteroatoms. The fourth-order valence-electron chi connectivity index (χ4n) is 1.43. The largest absolute Gasteiger partial charge is 0.312 e. The van der Waals surface area contributed by atoms with Gasteiger partial charge in [-0.15, -0.1) is 11.3 Å². The number of nitrogens with zero attached hydrogens (tertiary/aromatic N) is 2. The van der Waals surface area contributed by atoms with Gasteiger partial charge in [-0.2, -0.15) is 5.10 Å². The van der Waals surface area contributed by atoms with Gasteiger partial charge >= 0.3 is 0 Å². The quantitative estimate of drug-likeness (QED) is 0.843. The minimum absolute atomic E-state index is 0.875. The summed E-state index contributed by atoms with van der Waals surface area (Å²) in [6.45, 7) is 4.99. The van der Waals surface area contributed by atoms with Crippen LogP contribution in [0.5, 0.6) is 0 Å². The van der Waals surface area contributed by atoms with Crippen molar-refractivity contribution >= 4 is 33.9 Å². The highest BCUT2D eigenvalue weighted by atomic mass is 127. The maximum absolute atomic E-state index is 4.28. The van der Waals surface area contributed by atoms with Crippen LogP contribution in [0.3, 0.4) is 0 Å². The van der Waals surface area contributed by atoms with E-state index in [9.17, 15) is 0 Å². The Labute approximate surface area is 113 Å². The van der Waals surface area contributed by atoms with Crippen LogP contribution in [0.1, 0.15) is 16.7 Å². The maximum atomic E-state index is 4.28. The molecule has 2 rings (SSSR count). The summed E-state index contributed by atoms with van der Waals surface area (Å²) in [7, 11) is 0. The van der Waals surface area contributed by atoms with Crippen molar-refractivity contribution in [2.75, 3.05) is 6.54 Å². The molecule has 86 valence electrons. The van der Waals surface area contributed by atoms with Crippen molar-refractivity contribution in [2.45, 2.75) is 20.0 Å². The predicted octanol–water partition coefficient (Wildman–Crippen LogP) is 2.71. The average molecular weight is 347 g/mol. The molecule has 0 saturated heterocycles. The molecular weight excluding hydrogens is 333 g/mol. The van der Waals surface area contributed by atoms with Crippen molar-refractivity contribution in [2.24, 2.45) is 0 Å². The topological polar surface area (TPSA) is 29.9 Å². The molecule has 16 heavy (non-hydrogen) atoms. The molecule has 0 aliphatic heterocycles. The molecule has 0 spiro atoms. The molecule has 3 nitrogen and oxygen atoms in total. The van der Waals surface area contributed by atoms with E-state index in [1.165, 1.54) is 13.3 Å². The normalized spacial score (nSPS) is 10.9. The third-order valence-corrected chi connectivity index (χ3v) is 3.81. The molecular formula is C11H14IN3S. The second-order valence-electron chi connectivity index (χ2n) is 3.50. The van der Waals surface area contributed by atoms with Gasteiger partial charge in [-0.05, 0) is 41.3 Å². The number of nitrogens with one attached hydrogen (secondary N) is 1. The van der Waals surface area contributed by atoms with E-state index in [-0.39, 0.29) is 0 Å². The number of hydrogen-bond acceptors (Lipinski definition) is 3. The van der Waals surface area contributed by atoms with E-state index in [2.05, 4.69) is 58.3 Å². The summed E-state index contributed by atoms with van der Waals surface area (Å²) in [6.07, 6.45) is 3.94. The summed E-state index contributed by atoms with van der Waals surface area (Å²) in [4.78, 5) is 2.74. The van der Waals surface area contributed by atoms with Crippen LogP contribution in [-0.2, 0) is 13.1 Å². The first kappa shape index (κ1) is 12.1. The Kier molecular flexibility index (Phi) is 4.37. The highest BCUT2D eigenvalue weighted by Gasteiger charge is 2.01. The number of rotatable bonds is 5. The highest BCUT2D eigenvalue weighted by molar-refractivity contribution is 14.1. The molecule has 0 bridgehead atoms. The third-order valence-electron chi connectivity index (χ3n) is 2.19. The van der Waals surface area contributed by atoms with Gasteiger partial charge in [0.1, 0.15) is 0 Å². The number of thiophene rings is 1. The van der Waals surface area contributed by atoms with Crippen molar-refractivity contribution in [1.82, 2.24) is 15.1 Å². The first-order chi connectivity index (χ1) is 7.78. The minimum atomic E-state index is 0.875. The SMILES string of the molecule is CCNCc1ccc(Cn2cc(I)cn2)s1. The highest BCUT2D eigenvalue weighted by Crippen LogP contribution is 2.17. The van der Waals surface area contributed by atoms with Crippen LogP contribution in [0.15, 0.2) is 24.5 Å². The Morgan fingerprint density at radius 2 is 2.25 bits per heavy atom. The molecule has 0 radical (unpaired) electrons. The van der Waals surface area contributed by atoms with E-state index in [0.29, 0.717) is 0 Å². The molecule has 2 aromatic heterocycles. The molecule has 0 aromatic carbocycles. The lowest BCUT2D eigenvalue weighted by molar-refractivity contribution is 0.694. The van der Waals surface area contributed by atoms with Gasteiger partial charge in [-0.1, -0.05) is 6.92 Å². The molecule has 0 amide bonds. The van der Waals surface area contributed by atoms with Gasteiger partial charge in [0, 0.05) is 22.5 Å². The Hall–Kier alpha value is -0.400. The van der Waals surface area contributed by atoms with Crippen molar-refractivity contribution in [1.29, 1.82) is 0 Å². The smallest absolute Gasteiger partial charge is 0.0752 e. The number of hydrogen-bond donors (Lipinski definition) is 1. The molecule has 2 heterocycles. The summed E-state index contributed by atoms with van der Waals surface area (Å²) < 4.78 is 3.16. The lowest BCUT2D eigenvalue weighted by atomic mass is 10.4. The summed E-state index contributed by atoms with van der Waals surface area (Å²) in [5.74, 6) is 0. The molecule has 0 fully saturated rings. The van der Waals surface area contributed by atoms with Crippen LogP contribution >= 0.6 is 33.9 Å². The zero-order chi connectivity index (χ0) is 11.4. The van der Waals surface area contributed by atoms with E-state index in [1.807, 2.05) is 22.2 Å². The van der Waals surface area contributed by atoms with Gasteiger partial charge in [0.15, 0.2) is 0 Å². The fourth-order valence-corrected chi connectivity index (χ4v) is 2.86. The van der Waals surface area contributed by atoms with Gasteiger partial charge in [0.2, 0.25) is 0 Å². The van der Waals surface area contributed by atoms with E-state index in [0.717, 1.165) is 19.6 Å². The lowest BCUT2D eigenvalue weighted by Gasteiger charge is -1.98. The Balaban J connectivity index is 1.97. The van der Waals surface area contributed by atoms with Crippen molar-refractivity contribution in [3.05, 3.63) is 37.9 Å². The Morgan fingerprint density at radius 1 is 1.44 bits per heavy atom. The van der Waals surface area contributed by atoms with Crippen LogP contribution in [0.4, 0.5) is 0 Å². The van der Waals surface area contributed by atoms with Crippen LogP contribution in [0.25, 0.3) is 0 Å². The van der Waals surface area contributed by atoms with Gasteiger partial charge in [0.05, 0.1) is 16.3 Å². The fraction of sp³-hybridized carbons (Fsp3) is 0.364. The molecule has 0 saturated carbocycles. The van der Waals surface area contributed by atoms with Gasteiger partial charge in [0.25, 0.3) is 0 Å². The Morgan fingerprint density at radius 3 is 2.94 bits per heavy atom. The average Bonchev–Trinajstić information content (AvgIpc) is 2.86. The summed E-state index contributed by atoms with van der Waals surface area (Å²) in [5.41, 5.74) is 0. The van der Waals surface area contributed by atoms with Gasteiger partial charge < -0.3 is 5.32 Å². The minimum Gasteiger partial charge on any atom is -0.312 e. The van der Waals surface area contributed by atoms with E-state index in [4.69, 9.17) is 0 Å². The summed E-state index contributed by atoms with van der Waals surface area (Å²) in [5, 5.41) is 7.62. The first-order valence-corrected chi connectivity index (χ1v) is 7.13. The Bertz CT molecular complexity index is 450. The van der Waals surface area contributed by atoms with Crippen LogP contribution in [0.2, 0.25) is 0 Å². The van der Waals surface area contributed by atoms with Crippen molar-refractivity contribution < 1.29 is 0 Å². The molecule has 1 N–H and O–H groups in total. The molecule has 0 atom stereocenters. The molecule has 0 aliphatic carbocycles. The second-order valence-corrected chi connectivity index (χ2v) is 6.00. The van der Waals surface area contributed by atoms with E-state index < -0.39 is 0 Å². The zero-order valence-corrected chi connectivity index (χ0v) is 12.1. The van der Waals surface area contributed by atoms with Gasteiger partial charge in [-0.3, -0.25) is 4.68 Å². The number of aromatic nitrogens is 2. The standard InChI is InChI=1S/C11H14IN3S/c1-2-13-6-10-3-4-11(16-10)8-15-7-9(12)5-14-15/h3-5,7,13H,2,6,8H2,1H3. The monoisotopic (exact) mass is 347 g/mol. The van der Waals surface area contributed by atoms with E-state index in [1.54, 1.807) is 0 Å². The lowest BCUT2D eigenvalue weighted by Crippen LogP contribution is -2.10. The van der Waals surface area contributed by atoms with Crippen LogP contribution < -0.4 is 5.32 Å². The summed E-state index contributed by atoms with van der Waals surface area (Å²) in [6, 6.07) is 4.38. The summed E-state index contributed by atoms with van der Waals surface area (Å²) >= 11 is 4.13. The number of halogens is 1. The predicted molar refractivity (Wildman–Crippen MR) is 75.7 cm³/mol. The first-order valence-electron chi connectivity index (χ1n) is 5.24. The zero-order valence-electron chi connectivity index (χ0n) is 9.11. The maximum Gasteiger partial charge on any atom is 0.0752 e. The van der Waals surface area contributed by atoms with Crippen molar-refractivity contribution in [3.63, 3.8) is 0 Å². The van der Waals surface area contributed by atoms with E-state index >= 15 is 0 Å². The second kappa shape index (κ2) is 5.79. The third kappa shape index (κ3) is 3.29. The van der Waals surface area contributed by atoms with Crippen LogP contribution in [-0.4, -0.2) is 16.3 Å².